The fraction of sp³-hybridized carbons (Fsp3) is 0.100. The maximum atomic E-state index is 11.1. The van der Waals surface area contributed by atoms with E-state index in [9.17, 15) is 4.79 Å². The zero-order valence-electron chi connectivity index (χ0n) is 8.31. The second-order valence-corrected chi connectivity index (χ2v) is 3.84. The molecule has 0 aliphatic rings. The lowest BCUT2D eigenvalue weighted by Gasteiger charge is -1.93. The van der Waals surface area contributed by atoms with E-state index in [1.165, 1.54) is 7.11 Å². The normalized spacial score (nSPS) is 10.1. The van der Waals surface area contributed by atoms with Crippen LogP contribution in [0.15, 0.2) is 33.3 Å². The summed E-state index contributed by atoms with van der Waals surface area (Å²) < 4.78 is 10.2. The predicted molar refractivity (Wildman–Crippen MR) is 58.8 cm³/mol. The standard InChI is InChI=1S/C10H7BrN2O3/c1-15-10(14)9-12-8(13-16-9)6-2-4-7(11)5-3-6/h2-5H,1H3. The van der Waals surface area contributed by atoms with Crippen molar-refractivity contribution in [3.63, 3.8) is 0 Å². The number of hydrogen-bond acceptors (Lipinski definition) is 5. The van der Waals surface area contributed by atoms with Gasteiger partial charge in [-0.3, -0.25) is 0 Å². The molecule has 1 aromatic heterocycles. The maximum absolute atomic E-state index is 11.1. The first-order valence-electron chi connectivity index (χ1n) is 4.38. The van der Waals surface area contributed by atoms with Gasteiger partial charge in [0.15, 0.2) is 0 Å². The molecule has 6 heteroatoms. The first-order chi connectivity index (χ1) is 7.70. The summed E-state index contributed by atoms with van der Waals surface area (Å²) in [5.41, 5.74) is 0.766. The molecule has 2 rings (SSSR count). The fourth-order valence-electron chi connectivity index (χ4n) is 1.11. The van der Waals surface area contributed by atoms with Crippen LogP contribution in [0, 0.1) is 0 Å². The lowest BCUT2D eigenvalue weighted by atomic mass is 10.2. The Morgan fingerprint density at radius 3 is 2.69 bits per heavy atom. The summed E-state index contributed by atoms with van der Waals surface area (Å²) in [5, 5.41) is 3.68. The maximum Gasteiger partial charge on any atom is 0.397 e. The van der Waals surface area contributed by atoms with Crippen molar-refractivity contribution in [3.05, 3.63) is 34.6 Å². The molecule has 0 radical (unpaired) electrons. The van der Waals surface area contributed by atoms with E-state index in [-0.39, 0.29) is 5.89 Å². The molecule has 0 aliphatic heterocycles. The summed E-state index contributed by atoms with van der Waals surface area (Å²) in [6.45, 7) is 0. The second kappa shape index (κ2) is 4.44. The number of ether oxygens (including phenoxy) is 1. The van der Waals surface area contributed by atoms with Gasteiger partial charge in [0, 0.05) is 10.0 Å². The molecule has 82 valence electrons. The Bertz CT molecular complexity index is 507. The van der Waals surface area contributed by atoms with Crippen molar-refractivity contribution in [1.82, 2.24) is 10.1 Å². The molecule has 5 nitrogen and oxygen atoms in total. The van der Waals surface area contributed by atoms with Gasteiger partial charge in [0.05, 0.1) is 7.11 Å². The zero-order chi connectivity index (χ0) is 11.5. The molecule has 0 saturated heterocycles. The van der Waals surface area contributed by atoms with Crippen molar-refractivity contribution in [1.29, 1.82) is 0 Å². The van der Waals surface area contributed by atoms with Crippen LogP contribution in [0.25, 0.3) is 11.4 Å². The average Bonchev–Trinajstić information content (AvgIpc) is 2.78. The average molecular weight is 283 g/mol. The predicted octanol–water partition coefficient (Wildman–Crippen LogP) is 2.29. The van der Waals surface area contributed by atoms with Crippen molar-refractivity contribution >= 4 is 21.9 Å². The second-order valence-electron chi connectivity index (χ2n) is 2.92. The van der Waals surface area contributed by atoms with Gasteiger partial charge >= 0.3 is 11.9 Å². The van der Waals surface area contributed by atoms with Crippen LogP contribution < -0.4 is 0 Å². The number of aromatic nitrogens is 2. The number of carbonyl (C=O) groups excluding carboxylic acids is 1. The number of carbonyl (C=O) groups is 1. The number of rotatable bonds is 2. The van der Waals surface area contributed by atoms with Crippen molar-refractivity contribution in [2.75, 3.05) is 7.11 Å². The molecule has 0 atom stereocenters. The Kier molecular flexibility index (Phi) is 3.00. The fourth-order valence-corrected chi connectivity index (χ4v) is 1.37. The third-order valence-corrected chi connectivity index (χ3v) is 2.42. The number of hydrogen-bond donors (Lipinski definition) is 0. The molecule has 0 unspecified atom stereocenters. The third kappa shape index (κ3) is 2.11. The van der Waals surface area contributed by atoms with Gasteiger partial charge in [-0.2, -0.15) is 4.98 Å². The molecular weight excluding hydrogens is 276 g/mol. The Balaban J connectivity index is 2.31. The number of nitrogens with zero attached hydrogens (tertiary/aromatic N) is 2. The molecule has 0 aliphatic carbocycles. The molecule has 16 heavy (non-hydrogen) atoms. The van der Waals surface area contributed by atoms with Crippen molar-refractivity contribution < 1.29 is 14.1 Å². The summed E-state index contributed by atoms with van der Waals surface area (Å²) in [7, 11) is 1.26. The molecule has 0 spiro atoms. The van der Waals surface area contributed by atoms with Crippen LogP contribution in [0.1, 0.15) is 10.7 Å². The monoisotopic (exact) mass is 282 g/mol. The van der Waals surface area contributed by atoms with Crippen LogP contribution in [0.2, 0.25) is 0 Å². The molecule has 1 aromatic carbocycles. The molecule has 0 amide bonds. The lowest BCUT2D eigenvalue weighted by molar-refractivity contribution is 0.0545. The van der Waals surface area contributed by atoms with Gasteiger partial charge in [0.2, 0.25) is 5.82 Å². The summed E-state index contributed by atoms with van der Waals surface area (Å²) in [6.07, 6.45) is 0. The van der Waals surface area contributed by atoms with Crippen molar-refractivity contribution in [2.24, 2.45) is 0 Å². The molecular formula is C10H7BrN2O3. The third-order valence-electron chi connectivity index (χ3n) is 1.89. The number of halogens is 1. The number of benzene rings is 1. The minimum atomic E-state index is -0.643. The molecule has 0 bridgehead atoms. The summed E-state index contributed by atoms with van der Waals surface area (Å²) in [5.74, 6) is -0.441. The Morgan fingerprint density at radius 2 is 2.06 bits per heavy atom. The van der Waals surface area contributed by atoms with E-state index in [2.05, 4.69) is 30.8 Å². The van der Waals surface area contributed by atoms with Gasteiger partial charge in [-0.25, -0.2) is 4.79 Å². The molecule has 0 fully saturated rings. The lowest BCUT2D eigenvalue weighted by Crippen LogP contribution is -2.00. The van der Waals surface area contributed by atoms with Crippen molar-refractivity contribution in [2.45, 2.75) is 0 Å². The molecule has 1 heterocycles. The van der Waals surface area contributed by atoms with Crippen LogP contribution in [-0.2, 0) is 4.74 Å². The Morgan fingerprint density at radius 1 is 1.38 bits per heavy atom. The number of methoxy groups -OCH3 is 1. The van der Waals surface area contributed by atoms with Crippen LogP contribution in [-0.4, -0.2) is 23.2 Å². The molecule has 0 saturated carbocycles. The van der Waals surface area contributed by atoms with Crippen LogP contribution in [0.4, 0.5) is 0 Å². The number of esters is 1. The van der Waals surface area contributed by atoms with E-state index in [1.807, 2.05) is 24.3 Å². The Labute approximate surface area is 99.5 Å². The van der Waals surface area contributed by atoms with Gasteiger partial charge in [0.1, 0.15) is 0 Å². The zero-order valence-corrected chi connectivity index (χ0v) is 9.89. The quantitative estimate of drug-likeness (QED) is 0.791. The first kappa shape index (κ1) is 10.8. The summed E-state index contributed by atoms with van der Waals surface area (Å²) >= 11 is 3.32. The first-order valence-corrected chi connectivity index (χ1v) is 5.18. The highest BCUT2D eigenvalue weighted by molar-refractivity contribution is 9.10. The van der Waals surface area contributed by atoms with Gasteiger partial charge in [-0.1, -0.05) is 21.1 Å². The van der Waals surface area contributed by atoms with E-state index < -0.39 is 5.97 Å². The van der Waals surface area contributed by atoms with Crippen LogP contribution in [0.3, 0.4) is 0 Å². The smallest absolute Gasteiger partial charge is 0.397 e. The minimum absolute atomic E-state index is 0.152. The SMILES string of the molecule is COC(=O)c1nc(-c2ccc(Br)cc2)no1. The summed E-state index contributed by atoms with van der Waals surface area (Å²) in [6, 6.07) is 7.33. The van der Waals surface area contributed by atoms with E-state index in [0.29, 0.717) is 5.82 Å². The van der Waals surface area contributed by atoms with Crippen LogP contribution >= 0.6 is 15.9 Å². The molecule has 0 N–H and O–H groups in total. The van der Waals surface area contributed by atoms with Gasteiger partial charge in [0.25, 0.3) is 0 Å². The van der Waals surface area contributed by atoms with Gasteiger partial charge in [-0.15, -0.1) is 0 Å². The molecule has 2 aromatic rings. The highest BCUT2D eigenvalue weighted by Gasteiger charge is 2.15. The summed E-state index contributed by atoms with van der Waals surface area (Å²) in [4.78, 5) is 15.0. The topological polar surface area (TPSA) is 65.2 Å². The Hall–Kier alpha value is -1.69. The van der Waals surface area contributed by atoms with Gasteiger partial charge in [-0.05, 0) is 24.3 Å². The van der Waals surface area contributed by atoms with E-state index >= 15 is 0 Å². The highest BCUT2D eigenvalue weighted by Crippen LogP contribution is 2.18. The van der Waals surface area contributed by atoms with E-state index in [1.54, 1.807) is 0 Å². The minimum Gasteiger partial charge on any atom is -0.462 e. The largest absolute Gasteiger partial charge is 0.462 e. The highest BCUT2D eigenvalue weighted by atomic mass is 79.9. The van der Waals surface area contributed by atoms with Crippen molar-refractivity contribution in [3.8, 4) is 11.4 Å². The van der Waals surface area contributed by atoms with E-state index in [0.717, 1.165) is 10.0 Å². The van der Waals surface area contributed by atoms with Gasteiger partial charge < -0.3 is 9.26 Å². The van der Waals surface area contributed by atoms with E-state index in [4.69, 9.17) is 4.52 Å². The van der Waals surface area contributed by atoms with Crippen LogP contribution in [0.5, 0.6) is 0 Å².